The summed E-state index contributed by atoms with van der Waals surface area (Å²) < 4.78 is 5.80. The second-order valence-electron chi connectivity index (χ2n) is 6.26. The molecule has 19 heavy (non-hydrogen) atoms. The molecular weight excluding hydrogens is 240 g/mol. The van der Waals surface area contributed by atoms with Crippen LogP contribution in [0.1, 0.15) is 55.1 Å². The van der Waals surface area contributed by atoms with E-state index in [1.807, 2.05) is 13.8 Å². The van der Waals surface area contributed by atoms with Crippen LogP contribution in [0.5, 0.6) is 5.75 Å². The van der Waals surface area contributed by atoms with Crippen molar-refractivity contribution in [1.82, 2.24) is 0 Å². The highest BCUT2D eigenvalue weighted by molar-refractivity contribution is 5.88. The summed E-state index contributed by atoms with van der Waals surface area (Å²) >= 11 is 0. The van der Waals surface area contributed by atoms with Crippen LogP contribution in [0.4, 0.5) is 0 Å². The second kappa shape index (κ2) is 6.09. The van der Waals surface area contributed by atoms with E-state index in [0.717, 1.165) is 29.7 Å². The summed E-state index contributed by atoms with van der Waals surface area (Å²) in [5.74, 6) is -0.0793. The van der Waals surface area contributed by atoms with Crippen molar-refractivity contribution in [3.8, 4) is 5.75 Å². The van der Waals surface area contributed by atoms with Crippen LogP contribution in [0, 0.1) is 19.3 Å². The van der Waals surface area contributed by atoms with Crippen LogP contribution in [-0.2, 0) is 0 Å². The molecule has 0 atom stereocenters. The van der Waals surface area contributed by atoms with E-state index in [1.54, 1.807) is 12.1 Å². The normalized spacial score (nSPS) is 11.4. The van der Waals surface area contributed by atoms with Gasteiger partial charge in [0, 0.05) is 0 Å². The van der Waals surface area contributed by atoms with E-state index in [-0.39, 0.29) is 0 Å². The molecule has 1 N–H and O–H groups in total. The average Bonchev–Trinajstić information content (AvgIpc) is 2.25. The Hall–Kier alpha value is -1.51. The Labute approximate surface area is 115 Å². The number of carboxylic acid groups (broad SMARTS) is 1. The van der Waals surface area contributed by atoms with Gasteiger partial charge in [0.1, 0.15) is 5.75 Å². The molecule has 1 aromatic rings. The zero-order valence-electron chi connectivity index (χ0n) is 12.5. The number of aromatic carboxylic acids is 1. The van der Waals surface area contributed by atoms with Crippen LogP contribution in [0.25, 0.3) is 0 Å². The minimum Gasteiger partial charge on any atom is -0.493 e. The smallest absolute Gasteiger partial charge is 0.335 e. The van der Waals surface area contributed by atoms with E-state index in [9.17, 15) is 4.79 Å². The lowest BCUT2D eigenvalue weighted by Crippen LogP contribution is -2.09. The summed E-state index contributed by atoms with van der Waals surface area (Å²) in [6.45, 7) is 11.1. The third kappa shape index (κ3) is 4.93. The maximum absolute atomic E-state index is 10.9. The number of benzene rings is 1. The van der Waals surface area contributed by atoms with E-state index in [0.29, 0.717) is 17.6 Å². The topological polar surface area (TPSA) is 46.5 Å². The van der Waals surface area contributed by atoms with Crippen LogP contribution < -0.4 is 4.74 Å². The van der Waals surface area contributed by atoms with E-state index in [4.69, 9.17) is 9.84 Å². The first-order chi connectivity index (χ1) is 8.70. The molecule has 0 aliphatic heterocycles. The highest BCUT2D eigenvalue weighted by Gasteiger charge is 2.12. The van der Waals surface area contributed by atoms with Gasteiger partial charge < -0.3 is 9.84 Å². The Bertz CT molecular complexity index is 433. The molecule has 0 bridgehead atoms. The highest BCUT2D eigenvalue weighted by Crippen LogP contribution is 2.26. The van der Waals surface area contributed by atoms with Crippen molar-refractivity contribution >= 4 is 5.97 Å². The first-order valence-corrected chi connectivity index (χ1v) is 6.68. The number of hydrogen-bond donors (Lipinski definition) is 1. The fourth-order valence-electron chi connectivity index (χ4n) is 2.08. The van der Waals surface area contributed by atoms with E-state index in [2.05, 4.69) is 20.8 Å². The average molecular weight is 264 g/mol. The molecule has 0 amide bonds. The maximum atomic E-state index is 10.9. The molecule has 1 aromatic carbocycles. The zero-order chi connectivity index (χ0) is 14.6. The van der Waals surface area contributed by atoms with Gasteiger partial charge in [-0.2, -0.15) is 0 Å². The maximum Gasteiger partial charge on any atom is 0.335 e. The third-order valence-corrected chi connectivity index (χ3v) is 3.02. The number of aryl methyl sites for hydroxylation is 2. The summed E-state index contributed by atoms with van der Waals surface area (Å²) in [5.41, 5.74) is 2.40. The fraction of sp³-hybridized carbons (Fsp3) is 0.562. The SMILES string of the molecule is Cc1cc(C(=O)O)cc(C)c1OCCCC(C)(C)C. The third-order valence-electron chi connectivity index (χ3n) is 3.02. The van der Waals surface area contributed by atoms with Gasteiger partial charge in [-0.05, 0) is 55.4 Å². The molecule has 3 heteroatoms. The molecule has 0 heterocycles. The van der Waals surface area contributed by atoms with Crippen LogP contribution in [0.2, 0.25) is 0 Å². The predicted molar refractivity (Wildman–Crippen MR) is 77.1 cm³/mol. The minimum atomic E-state index is -0.898. The van der Waals surface area contributed by atoms with Gasteiger partial charge in [-0.1, -0.05) is 20.8 Å². The lowest BCUT2D eigenvalue weighted by atomic mass is 9.91. The van der Waals surface area contributed by atoms with Crippen molar-refractivity contribution in [1.29, 1.82) is 0 Å². The molecule has 106 valence electrons. The lowest BCUT2D eigenvalue weighted by Gasteiger charge is -2.18. The van der Waals surface area contributed by atoms with Crippen molar-refractivity contribution < 1.29 is 14.6 Å². The summed E-state index contributed by atoms with van der Waals surface area (Å²) in [4.78, 5) is 10.9. The number of hydrogen-bond acceptors (Lipinski definition) is 2. The molecule has 0 spiro atoms. The van der Waals surface area contributed by atoms with E-state index >= 15 is 0 Å². The van der Waals surface area contributed by atoms with Crippen molar-refractivity contribution in [2.24, 2.45) is 5.41 Å². The Morgan fingerprint density at radius 3 is 2.16 bits per heavy atom. The van der Waals surface area contributed by atoms with Gasteiger partial charge in [0.15, 0.2) is 0 Å². The molecule has 0 saturated heterocycles. The molecular formula is C16H24O3. The Kier molecular flexibility index (Phi) is 4.98. The minimum absolute atomic E-state index is 0.317. The first-order valence-electron chi connectivity index (χ1n) is 6.68. The molecule has 0 radical (unpaired) electrons. The summed E-state index contributed by atoms with van der Waals surface area (Å²) in [7, 11) is 0. The predicted octanol–water partition coefficient (Wildman–Crippen LogP) is 4.21. The van der Waals surface area contributed by atoms with Gasteiger partial charge in [-0.3, -0.25) is 0 Å². The van der Waals surface area contributed by atoms with Gasteiger partial charge in [0.05, 0.1) is 12.2 Å². The summed E-state index contributed by atoms with van der Waals surface area (Å²) in [6, 6.07) is 3.32. The van der Waals surface area contributed by atoms with Crippen molar-refractivity contribution in [2.75, 3.05) is 6.61 Å². The fourth-order valence-corrected chi connectivity index (χ4v) is 2.08. The zero-order valence-corrected chi connectivity index (χ0v) is 12.5. The Morgan fingerprint density at radius 2 is 1.74 bits per heavy atom. The van der Waals surface area contributed by atoms with Crippen LogP contribution in [0.15, 0.2) is 12.1 Å². The number of rotatable bonds is 5. The van der Waals surface area contributed by atoms with Crippen LogP contribution in [-0.4, -0.2) is 17.7 Å². The number of ether oxygens (including phenoxy) is 1. The van der Waals surface area contributed by atoms with Gasteiger partial charge >= 0.3 is 5.97 Å². The summed E-state index contributed by atoms with van der Waals surface area (Å²) in [6.07, 6.45) is 2.11. The molecule has 0 aromatic heterocycles. The molecule has 0 unspecified atom stereocenters. The quantitative estimate of drug-likeness (QED) is 0.810. The summed E-state index contributed by atoms with van der Waals surface area (Å²) in [5, 5.41) is 8.99. The van der Waals surface area contributed by atoms with E-state index < -0.39 is 5.97 Å². The monoisotopic (exact) mass is 264 g/mol. The van der Waals surface area contributed by atoms with Crippen LogP contribution in [0.3, 0.4) is 0 Å². The molecule has 0 aliphatic rings. The van der Waals surface area contributed by atoms with E-state index in [1.165, 1.54) is 0 Å². The largest absolute Gasteiger partial charge is 0.493 e. The molecule has 0 aliphatic carbocycles. The highest BCUT2D eigenvalue weighted by atomic mass is 16.5. The van der Waals surface area contributed by atoms with Crippen LogP contribution >= 0.6 is 0 Å². The molecule has 0 fully saturated rings. The molecule has 3 nitrogen and oxygen atoms in total. The van der Waals surface area contributed by atoms with Crippen molar-refractivity contribution in [3.63, 3.8) is 0 Å². The van der Waals surface area contributed by atoms with Crippen molar-refractivity contribution in [2.45, 2.75) is 47.5 Å². The van der Waals surface area contributed by atoms with Gasteiger partial charge in [0.2, 0.25) is 0 Å². The van der Waals surface area contributed by atoms with Crippen molar-refractivity contribution in [3.05, 3.63) is 28.8 Å². The second-order valence-corrected chi connectivity index (χ2v) is 6.26. The number of carboxylic acids is 1. The first kappa shape index (κ1) is 15.5. The lowest BCUT2D eigenvalue weighted by molar-refractivity contribution is 0.0696. The Balaban J connectivity index is 2.67. The molecule has 1 rings (SSSR count). The standard InChI is InChI=1S/C16H24O3/c1-11-9-13(15(17)18)10-12(2)14(11)19-8-6-7-16(3,4)5/h9-10H,6-8H2,1-5H3,(H,17,18). The Morgan fingerprint density at radius 1 is 1.21 bits per heavy atom. The van der Waals surface area contributed by atoms with Gasteiger partial charge in [-0.25, -0.2) is 4.79 Å². The van der Waals surface area contributed by atoms with Gasteiger partial charge in [-0.15, -0.1) is 0 Å². The molecule has 0 saturated carbocycles. The number of carbonyl (C=O) groups is 1. The van der Waals surface area contributed by atoms with Gasteiger partial charge in [0.25, 0.3) is 0 Å².